The molecule has 0 spiro atoms. The Labute approximate surface area is 231 Å². The molecular weight excluding hydrogens is 521 g/mol. The molecule has 0 aliphatic carbocycles. The Balaban J connectivity index is 1.47. The minimum absolute atomic E-state index is 0.0828. The molecule has 10 heteroatoms. The van der Waals surface area contributed by atoms with Crippen molar-refractivity contribution < 1.29 is 18.7 Å². The Morgan fingerprint density at radius 1 is 1.28 bits per heavy atom. The second-order valence-electron chi connectivity index (χ2n) is 9.51. The third-order valence-corrected chi connectivity index (χ3v) is 6.71. The first-order chi connectivity index (χ1) is 18.9. The first-order valence-corrected chi connectivity index (χ1v) is 13.0. The molecule has 1 N–H and O–H groups in total. The number of morpholine rings is 1. The molecule has 8 nitrogen and oxygen atoms in total. The summed E-state index contributed by atoms with van der Waals surface area (Å²) in [7, 11) is 3.89. The number of nitrogens with one attached hydrogen (secondary N) is 1. The van der Waals surface area contributed by atoms with E-state index in [0.717, 1.165) is 5.52 Å². The van der Waals surface area contributed by atoms with Gasteiger partial charge < -0.3 is 24.3 Å². The molecule has 1 aromatic carbocycles. The predicted octanol–water partition coefficient (Wildman–Crippen LogP) is 4.81. The second kappa shape index (κ2) is 11.9. The first kappa shape index (κ1) is 26.8. The number of hydrogen-bond donors (Lipinski definition) is 1. The molecular formula is C29H29ClFN5O3. The molecule has 0 radical (unpaired) electrons. The van der Waals surface area contributed by atoms with E-state index in [0.29, 0.717) is 65.0 Å². The fraction of sp³-hybridized carbons (Fsp3) is 0.276. The molecule has 0 saturated carbocycles. The van der Waals surface area contributed by atoms with E-state index in [9.17, 15) is 4.79 Å². The van der Waals surface area contributed by atoms with E-state index >= 15 is 4.39 Å². The number of fused-ring (bicyclic) bond motifs is 1. The molecule has 202 valence electrons. The zero-order valence-electron chi connectivity index (χ0n) is 21.7. The van der Waals surface area contributed by atoms with Crippen molar-refractivity contribution in [2.45, 2.75) is 6.04 Å². The van der Waals surface area contributed by atoms with Crippen LogP contribution in [0.1, 0.15) is 0 Å². The van der Waals surface area contributed by atoms with Crippen molar-refractivity contribution >= 4 is 28.5 Å². The number of ether oxygens (including phenoxy) is 2. The fourth-order valence-corrected chi connectivity index (χ4v) is 4.78. The first-order valence-electron chi connectivity index (χ1n) is 12.6. The number of benzene rings is 1. The molecule has 1 atom stereocenters. The number of rotatable bonds is 8. The van der Waals surface area contributed by atoms with Crippen molar-refractivity contribution in [1.29, 1.82) is 0 Å². The number of halogens is 2. The van der Waals surface area contributed by atoms with Gasteiger partial charge in [0.2, 0.25) is 5.91 Å². The van der Waals surface area contributed by atoms with Crippen molar-refractivity contribution in [2.24, 2.45) is 0 Å². The Hall–Kier alpha value is -3.79. The van der Waals surface area contributed by atoms with E-state index in [1.54, 1.807) is 41.7 Å². The number of amides is 1. The smallest absolute Gasteiger partial charge is 0.246 e. The highest BCUT2D eigenvalue weighted by Gasteiger charge is 2.28. The SMILES string of the molecule is CN(C)C/C=C/C(=O)N1CCOC[C@H]1COc1cnccc1-c1[nH]c2cccnc2c1-c1cc(Cl)ccc1F. The molecule has 3 aromatic heterocycles. The van der Waals surface area contributed by atoms with Gasteiger partial charge in [0.1, 0.15) is 18.2 Å². The molecule has 4 heterocycles. The number of likely N-dealkylation sites (N-methyl/N-ethyl adjacent to an activating group) is 1. The molecule has 0 bridgehead atoms. The van der Waals surface area contributed by atoms with Crippen LogP contribution in [0.2, 0.25) is 5.02 Å². The van der Waals surface area contributed by atoms with Gasteiger partial charge in [-0.3, -0.25) is 14.8 Å². The zero-order chi connectivity index (χ0) is 27.4. The summed E-state index contributed by atoms with van der Waals surface area (Å²) in [6.07, 6.45) is 8.36. The third kappa shape index (κ3) is 5.95. The monoisotopic (exact) mass is 549 g/mol. The van der Waals surface area contributed by atoms with Crippen LogP contribution < -0.4 is 4.74 Å². The Kier molecular flexibility index (Phi) is 8.21. The predicted molar refractivity (Wildman–Crippen MR) is 149 cm³/mol. The number of carbonyl (C=O) groups is 1. The number of hydrogen-bond acceptors (Lipinski definition) is 6. The van der Waals surface area contributed by atoms with Crippen molar-refractivity contribution in [3.05, 3.63) is 78.0 Å². The van der Waals surface area contributed by atoms with Crippen LogP contribution in [0.5, 0.6) is 5.75 Å². The lowest BCUT2D eigenvalue weighted by Gasteiger charge is -2.34. The van der Waals surface area contributed by atoms with Gasteiger partial charge in [-0.15, -0.1) is 0 Å². The van der Waals surface area contributed by atoms with Gasteiger partial charge in [0.15, 0.2) is 0 Å². The maximum absolute atomic E-state index is 15.1. The lowest BCUT2D eigenvalue weighted by Crippen LogP contribution is -2.51. The van der Waals surface area contributed by atoms with Crippen molar-refractivity contribution in [3.63, 3.8) is 0 Å². The average Bonchev–Trinajstić information content (AvgIpc) is 3.32. The van der Waals surface area contributed by atoms with Crippen LogP contribution in [0.15, 0.2) is 67.1 Å². The van der Waals surface area contributed by atoms with Gasteiger partial charge in [-0.25, -0.2) is 4.39 Å². The van der Waals surface area contributed by atoms with Gasteiger partial charge in [0, 0.05) is 53.3 Å². The molecule has 4 aromatic rings. The van der Waals surface area contributed by atoms with E-state index in [2.05, 4.69) is 15.0 Å². The number of aromatic amines is 1. The number of nitrogens with zero attached hydrogens (tertiary/aromatic N) is 4. The third-order valence-electron chi connectivity index (χ3n) is 6.48. The van der Waals surface area contributed by atoms with Crippen LogP contribution in [0.25, 0.3) is 33.4 Å². The van der Waals surface area contributed by atoms with Gasteiger partial charge in [-0.1, -0.05) is 17.7 Å². The maximum Gasteiger partial charge on any atom is 0.246 e. The van der Waals surface area contributed by atoms with Crippen LogP contribution in [-0.4, -0.2) is 83.7 Å². The second-order valence-corrected chi connectivity index (χ2v) is 9.94. The Morgan fingerprint density at radius 2 is 2.15 bits per heavy atom. The standard InChI is InChI=1S/C29H29ClFN5O3/c1-35(2)12-4-6-26(37)36-13-14-38-17-20(36)18-39-25-16-32-11-9-21(25)28-27(22-15-19(30)7-8-23(22)31)29-24(34-28)5-3-10-33-29/h3-11,15-16,20,34H,12-14,17-18H2,1-2H3/b6-4+/t20-/m0/s1. The average molecular weight is 550 g/mol. The normalized spacial score (nSPS) is 15.9. The van der Waals surface area contributed by atoms with E-state index in [1.165, 1.54) is 12.1 Å². The summed E-state index contributed by atoms with van der Waals surface area (Å²) in [6.45, 7) is 2.18. The van der Waals surface area contributed by atoms with Gasteiger partial charge in [0.25, 0.3) is 0 Å². The van der Waals surface area contributed by atoms with Gasteiger partial charge in [-0.05, 0) is 50.5 Å². The molecule has 1 amide bonds. The molecule has 1 aliphatic heterocycles. The minimum atomic E-state index is -0.417. The summed E-state index contributed by atoms with van der Waals surface area (Å²) in [6, 6.07) is 9.66. The van der Waals surface area contributed by atoms with Gasteiger partial charge in [-0.2, -0.15) is 0 Å². The Bertz CT molecular complexity index is 1510. The fourth-order valence-electron chi connectivity index (χ4n) is 4.60. The van der Waals surface area contributed by atoms with Crippen molar-refractivity contribution in [3.8, 4) is 28.1 Å². The zero-order valence-corrected chi connectivity index (χ0v) is 22.5. The number of aromatic nitrogens is 3. The number of carbonyl (C=O) groups excluding carboxylic acids is 1. The minimum Gasteiger partial charge on any atom is -0.489 e. The number of pyridine rings is 2. The topological polar surface area (TPSA) is 83.6 Å². The lowest BCUT2D eigenvalue weighted by molar-refractivity contribution is -0.135. The quantitative estimate of drug-likeness (QED) is 0.318. The van der Waals surface area contributed by atoms with Crippen LogP contribution in [0, 0.1) is 5.82 Å². The van der Waals surface area contributed by atoms with E-state index in [4.69, 9.17) is 21.1 Å². The van der Waals surface area contributed by atoms with E-state index < -0.39 is 5.82 Å². The molecule has 5 rings (SSSR count). The molecule has 1 saturated heterocycles. The molecule has 0 unspecified atom stereocenters. The summed E-state index contributed by atoms with van der Waals surface area (Å²) >= 11 is 6.25. The van der Waals surface area contributed by atoms with Crippen LogP contribution in [-0.2, 0) is 9.53 Å². The maximum atomic E-state index is 15.1. The highest BCUT2D eigenvalue weighted by Crippen LogP contribution is 2.42. The Morgan fingerprint density at radius 3 is 3.00 bits per heavy atom. The summed E-state index contributed by atoms with van der Waals surface area (Å²) in [5, 5.41) is 0.413. The summed E-state index contributed by atoms with van der Waals surface area (Å²) in [5.74, 6) is -0.0195. The highest BCUT2D eigenvalue weighted by atomic mass is 35.5. The van der Waals surface area contributed by atoms with Crippen molar-refractivity contribution in [1.82, 2.24) is 24.8 Å². The van der Waals surface area contributed by atoms with Gasteiger partial charge >= 0.3 is 0 Å². The van der Waals surface area contributed by atoms with E-state index in [-0.39, 0.29) is 18.6 Å². The summed E-state index contributed by atoms with van der Waals surface area (Å²) < 4.78 is 27.0. The molecule has 1 aliphatic rings. The summed E-state index contributed by atoms with van der Waals surface area (Å²) in [4.78, 5) is 28.8. The molecule has 39 heavy (non-hydrogen) atoms. The van der Waals surface area contributed by atoms with Crippen LogP contribution in [0.4, 0.5) is 4.39 Å². The van der Waals surface area contributed by atoms with Crippen LogP contribution >= 0.6 is 11.6 Å². The molecule has 1 fully saturated rings. The van der Waals surface area contributed by atoms with Crippen LogP contribution in [0.3, 0.4) is 0 Å². The number of H-pyrrole nitrogens is 1. The highest BCUT2D eigenvalue weighted by molar-refractivity contribution is 6.31. The van der Waals surface area contributed by atoms with E-state index in [1.807, 2.05) is 37.2 Å². The van der Waals surface area contributed by atoms with Gasteiger partial charge in [0.05, 0.1) is 42.2 Å². The summed E-state index contributed by atoms with van der Waals surface area (Å²) in [5.41, 5.74) is 3.56. The lowest BCUT2D eigenvalue weighted by atomic mass is 10.00. The van der Waals surface area contributed by atoms with Crippen molar-refractivity contribution in [2.75, 3.05) is 47.0 Å². The largest absolute Gasteiger partial charge is 0.489 e.